The number of aryl methyl sites for hydroxylation is 2. The van der Waals surface area contributed by atoms with E-state index < -0.39 is 21.6 Å². The number of hydrogen-bond donors (Lipinski definition) is 0. The van der Waals surface area contributed by atoms with Crippen LogP contribution in [0.5, 0.6) is 0 Å². The zero-order chi connectivity index (χ0) is 24.8. The minimum atomic E-state index is -3.72. The highest BCUT2D eigenvalue weighted by Crippen LogP contribution is 2.31. The third-order valence-electron chi connectivity index (χ3n) is 6.32. The largest absolute Gasteiger partial charge is 0.422 e. The van der Waals surface area contributed by atoms with Crippen molar-refractivity contribution >= 4 is 26.9 Å². The first kappa shape index (κ1) is 24.2. The SMILES string of the molecule is Cc1cc(C(C)(C)C)cc(C)c1S(=O)(=O)N1CCN(C(=O)c2cc3ccccc3oc2=O)CC1. The summed E-state index contributed by atoms with van der Waals surface area (Å²) in [5.41, 5.74) is 2.13. The fraction of sp³-hybridized carbons (Fsp3) is 0.385. The Labute approximate surface area is 200 Å². The summed E-state index contributed by atoms with van der Waals surface area (Å²) in [4.78, 5) is 27.2. The maximum Gasteiger partial charge on any atom is 0.349 e. The zero-order valence-electron chi connectivity index (χ0n) is 20.2. The Morgan fingerprint density at radius 3 is 2.12 bits per heavy atom. The first-order chi connectivity index (χ1) is 15.9. The molecule has 1 aliphatic rings. The number of rotatable bonds is 3. The van der Waals surface area contributed by atoms with Crippen molar-refractivity contribution in [3.8, 4) is 0 Å². The number of para-hydroxylation sites is 1. The number of piperazine rings is 1. The van der Waals surface area contributed by atoms with Gasteiger partial charge in [0, 0.05) is 31.6 Å². The molecule has 3 aromatic rings. The Morgan fingerprint density at radius 2 is 1.53 bits per heavy atom. The third kappa shape index (κ3) is 4.40. The van der Waals surface area contributed by atoms with Gasteiger partial charge in [-0.3, -0.25) is 4.79 Å². The molecule has 0 atom stereocenters. The molecule has 0 saturated carbocycles. The van der Waals surface area contributed by atoms with Crippen LogP contribution in [0.1, 0.15) is 47.8 Å². The maximum atomic E-state index is 13.5. The Bertz CT molecular complexity index is 1400. The average molecular weight is 483 g/mol. The Kier molecular flexibility index (Phi) is 6.16. The molecule has 8 heteroatoms. The lowest BCUT2D eigenvalue weighted by molar-refractivity contribution is 0.0693. The first-order valence-corrected chi connectivity index (χ1v) is 12.8. The second kappa shape index (κ2) is 8.67. The smallest absolute Gasteiger partial charge is 0.349 e. The molecule has 1 amide bonds. The number of hydrogen-bond acceptors (Lipinski definition) is 5. The molecule has 0 aliphatic carbocycles. The predicted octanol–water partition coefficient (Wildman–Crippen LogP) is 3.85. The van der Waals surface area contributed by atoms with Gasteiger partial charge < -0.3 is 9.32 Å². The molecule has 1 aromatic heterocycles. The molecule has 2 aromatic carbocycles. The van der Waals surface area contributed by atoms with Gasteiger partial charge in [-0.25, -0.2) is 13.2 Å². The van der Waals surface area contributed by atoms with Gasteiger partial charge in [-0.2, -0.15) is 4.31 Å². The Hall–Kier alpha value is -2.97. The maximum absolute atomic E-state index is 13.5. The lowest BCUT2D eigenvalue weighted by Crippen LogP contribution is -2.51. The number of benzene rings is 2. The van der Waals surface area contributed by atoms with Crippen LogP contribution in [-0.2, 0) is 15.4 Å². The predicted molar refractivity (Wildman–Crippen MR) is 132 cm³/mol. The van der Waals surface area contributed by atoms with E-state index in [0.717, 1.165) is 16.7 Å². The number of nitrogens with zero attached hydrogens (tertiary/aromatic N) is 2. The minimum absolute atomic E-state index is 0.0422. The molecule has 1 aliphatic heterocycles. The Balaban J connectivity index is 1.54. The van der Waals surface area contributed by atoms with Crippen LogP contribution in [0, 0.1) is 13.8 Å². The van der Waals surface area contributed by atoms with E-state index in [9.17, 15) is 18.0 Å². The monoisotopic (exact) mass is 482 g/mol. The molecule has 2 heterocycles. The van der Waals surface area contributed by atoms with Gasteiger partial charge in [-0.1, -0.05) is 51.1 Å². The van der Waals surface area contributed by atoms with Gasteiger partial charge in [0.2, 0.25) is 10.0 Å². The highest BCUT2D eigenvalue weighted by atomic mass is 32.2. The van der Waals surface area contributed by atoms with Gasteiger partial charge in [-0.05, 0) is 48.1 Å². The molecule has 0 N–H and O–H groups in total. The van der Waals surface area contributed by atoms with Crippen LogP contribution in [0.2, 0.25) is 0 Å². The number of carbonyl (C=O) groups excluding carboxylic acids is 1. The van der Waals surface area contributed by atoms with Crippen LogP contribution < -0.4 is 5.63 Å². The molecule has 7 nitrogen and oxygen atoms in total. The lowest BCUT2D eigenvalue weighted by Gasteiger charge is -2.34. The number of sulfonamides is 1. The molecule has 34 heavy (non-hydrogen) atoms. The average Bonchev–Trinajstić information content (AvgIpc) is 2.77. The van der Waals surface area contributed by atoms with Crippen LogP contribution >= 0.6 is 0 Å². The molecule has 0 spiro atoms. The van der Waals surface area contributed by atoms with Crippen LogP contribution in [0.25, 0.3) is 11.0 Å². The van der Waals surface area contributed by atoms with E-state index in [1.165, 1.54) is 15.3 Å². The summed E-state index contributed by atoms with van der Waals surface area (Å²) in [7, 11) is -3.72. The summed E-state index contributed by atoms with van der Waals surface area (Å²) in [6.07, 6.45) is 0. The summed E-state index contributed by atoms with van der Waals surface area (Å²) in [5, 5.41) is 0.663. The molecular formula is C26H30N2O5S. The molecular weight excluding hydrogens is 452 g/mol. The Morgan fingerprint density at radius 1 is 0.941 bits per heavy atom. The summed E-state index contributed by atoms with van der Waals surface area (Å²) < 4.78 is 33.7. The molecule has 180 valence electrons. The normalized spacial score (nSPS) is 15.6. The van der Waals surface area contributed by atoms with Crippen LogP contribution in [0.15, 0.2) is 56.6 Å². The van der Waals surface area contributed by atoms with Crippen molar-refractivity contribution in [1.29, 1.82) is 0 Å². The van der Waals surface area contributed by atoms with Gasteiger partial charge in [-0.15, -0.1) is 0 Å². The number of carbonyl (C=O) groups is 1. The highest BCUT2D eigenvalue weighted by Gasteiger charge is 2.33. The van der Waals surface area contributed by atoms with E-state index in [1.807, 2.05) is 26.0 Å². The summed E-state index contributed by atoms with van der Waals surface area (Å²) in [6, 6.07) is 12.4. The minimum Gasteiger partial charge on any atom is -0.422 e. The van der Waals surface area contributed by atoms with E-state index in [0.29, 0.717) is 15.9 Å². The van der Waals surface area contributed by atoms with Gasteiger partial charge in [0.05, 0.1) is 4.90 Å². The third-order valence-corrected chi connectivity index (χ3v) is 8.53. The topological polar surface area (TPSA) is 87.9 Å². The van der Waals surface area contributed by atoms with E-state index in [-0.39, 0.29) is 37.2 Å². The molecule has 0 unspecified atom stereocenters. The molecule has 1 fully saturated rings. The van der Waals surface area contributed by atoms with Gasteiger partial charge in [0.25, 0.3) is 5.91 Å². The lowest BCUT2D eigenvalue weighted by atomic mass is 9.85. The van der Waals surface area contributed by atoms with Crippen molar-refractivity contribution in [3.05, 3.63) is 75.1 Å². The second-order valence-corrected chi connectivity index (χ2v) is 11.7. The van der Waals surface area contributed by atoms with Gasteiger partial charge in [0.1, 0.15) is 11.1 Å². The first-order valence-electron chi connectivity index (χ1n) is 11.3. The highest BCUT2D eigenvalue weighted by molar-refractivity contribution is 7.89. The second-order valence-electron chi connectivity index (χ2n) is 9.87. The summed E-state index contributed by atoms with van der Waals surface area (Å²) in [6.45, 7) is 10.7. The quantitative estimate of drug-likeness (QED) is 0.529. The van der Waals surface area contributed by atoms with Crippen LogP contribution in [0.3, 0.4) is 0 Å². The van der Waals surface area contributed by atoms with E-state index in [2.05, 4.69) is 20.8 Å². The van der Waals surface area contributed by atoms with Crippen molar-refractivity contribution in [2.45, 2.75) is 44.9 Å². The number of amides is 1. The standard InChI is InChI=1S/C26H30N2O5S/c1-17-14-20(26(3,4)5)15-18(2)23(17)34(31,32)28-12-10-27(11-13-28)24(29)21-16-19-8-6-7-9-22(19)33-25(21)30/h6-9,14-16H,10-13H2,1-5H3. The molecule has 0 bridgehead atoms. The molecule has 0 radical (unpaired) electrons. The van der Waals surface area contributed by atoms with Crippen molar-refractivity contribution < 1.29 is 17.6 Å². The zero-order valence-corrected chi connectivity index (χ0v) is 21.0. The fourth-order valence-corrected chi connectivity index (χ4v) is 6.27. The fourth-order valence-electron chi connectivity index (χ4n) is 4.43. The van der Waals surface area contributed by atoms with E-state index in [1.54, 1.807) is 24.3 Å². The van der Waals surface area contributed by atoms with Crippen molar-refractivity contribution in [2.24, 2.45) is 0 Å². The van der Waals surface area contributed by atoms with Crippen molar-refractivity contribution in [1.82, 2.24) is 9.21 Å². The van der Waals surface area contributed by atoms with Crippen LogP contribution in [0.4, 0.5) is 0 Å². The molecule has 1 saturated heterocycles. The van der Waals surface area contributed by atoms with E-state index in [4.69, 9.17) is 4.42 Å². The number of fused-ring (bicyclic) bond motifs is 1. The summed E-state index contributed by atoms with van der Waals surface area (Å²) >= 11 is 0. The van der Waals surface area contributed by atoms with Gasteiger partial charge >= 0.3 is 5.63 Å². The van der Waals surface area contributed by atoms with E-state index >= 15 is 0 Å². The summed E-state index contributed by atoms with van der Waals surface area (Å²) in [5.74, 6) is -0.446. The molecule has 4 rings (SSSR count). The van der Waals surface area contributed by atoms with Crippen LogP contribution in [-0.4, -0.2) is 49.7 Å². The van der Waals surface area contributed by atoms with Crippen molar-refractivity contribution in [2.75, 3.05) is 26.2 Å². The van der Waals surface area contributed by atoms with Gasteiger partial charge in [0.15, 0.2) is 0 Å². The van der Waals surface area contributed by atoms with Crippen molar-refractivity contribution in [3.63, 3.8) is 0 Å².